The molecule has 0 bridgehead atoms. The van der Waals surface area contributed by atoms with E-state index in [1.807, 2.05) is 0 Å². The van der Waals surface area contributed by atoms with Gasteiger partial charge in [0.15, 0.2) is 0 Å². The molecule has 1 unspecified atom stereocenters. The van der Waals surface area contributed by atoms with Crippen LogP contribution in [0.25, 0.3) is 0 Å². The molecule has 5 heteroatoms. The average molecular weight is 199 g/mol. The third-order valence-electron chi connectivity index (χ3n) is 1.70. The van der Waals surface area contributed by atoms with Gasteiger partial charge in [0.1, 0.15) is 5.82 Å². The second kappa shape index (κ2) is 4.69. The molecule has 0 fully saturated rings. The monoisotopic (exact) mass is 199 g/mol. The van der Waals surface area contributed by atoms with E-state index >= 15 is 0 Å². The number of hydrogen-bond donors (Lipinski definition) is 1. The molecule has 0 aliphatic carbocycles. The van der Waals surface area contributed by atoms with Gasteiger partial charge in [-0.25, -0.2) is 15.1 Å². The molecule has 4 nitrogen and oxygen atoms in total. The van der Waals surface area contributed by atoms with Gasteiger partial charge in [-0.1, -0.05) is 12.1 Å². The molecule has 14 heavy (non-hydrogen) atoms. The Bertz CT molecular complexity index is 330. The van der Waals surface area contributed by atoms with Gasteiger partial charge in [-0.2, -0.15) is 0 Å². The summed E-state index contributed by atoms with van der Waals surface area (Å²) in [5.74, 6) is 3.78. The highest BCUT2D eigenvalue weighted by atomic mass is 19.1. The molecule has 0 saturated heterocycles. The smallest absolute Gasteiger partial charge is 0.341 e. The van der Waals surface area contributed by atoms with Crippen LogP contribution in [-0.2, 0) is 14.4 Å². The minimum absolute atomic E-state index is 0.319. The van der Waals surface area contributed by atoms with Gasteiger partial charge in [0.2, 0.25) is 6.10 Å². The SMILES string of the molecule is COC(=O)C(ON)c1cccc(F)c1. The standard InChI is InChI=1S/C9H10FNO3/c1-13-9(12)8(14-11)6-3-2-4-7(10)5-6/h2-5,8H,11H2,1H3. The van der Waals surface area contributed by atoms with Crippen LogP contribution in [0.4, 0.5) is 4.39 Å². The second-order valence-electron chi connectivity index (χ2n) is 2.59. The van der Waals surface area contributed by atoms with Gasteiger partial charge in [-0.05, 0) is 17.7 Å². The maximum atomic E-state index is 12.8. The Morgan fingerprint density at radius 2 is 2.29 bits per heavy atom. The van der Waals surface area contributed by atoms with E-state index in [9.17, 15) is 9.18 Å². The Kier molecular flexibility index (Phi) is 3.55. The molecule has 76 valence electrons. The van der Waals surface area contributed by atoms with E-state index in [0.717, 1.165) is 6.07 Å². The molecular formula is C9H10FNO3. The lowest BCUT2D eigenvalue weighted by Crippen LogP contribution is -2.20. The van der Waals surface area contributed by atoms with E-state index in [0.29, 0.717) is 5.56 Å². The first-order valence-electron chi connectivity index (χ1n) is 3.88. The fraction of sp³-hybridized carbons (Fsp3) is 0.222. The number of benzene rings is 1. The molecule has 1 rings (SSSR count). The predicted molar refractivity (Wildman–Crippen MR) is 46.4 cm³/mol. The lowest BCUT2D eigenvalue weighted by atomic mass is 10.1. The summed E-state index contributed by atoms with van der Waals surface area (Å²) in [5, 5.41) is 0. The van der Waals surface area contributed by atoms with Gasteiger partial charge in [-0.15, -0.1) is 0 Å². The maximum Gasteiger partial charge on any atom is 0.341 e. The van der Waals surface area contributed by atoms with Crippen molar-refractivity contribution in [1.82, 2.24) is 0 Å². The van der Waals surface area contributed by atoms with Crippen molar-refractivity contribution >= 4 is 5.97 Å². The Morgan fingerprint density at radius 1 is 1.57 bits per heavy atom. The number of hydrogen-bond acceptors (Lipinski definition) is 4. The van der Waals surface area contributed by atoms with Crippen LogP contribution < -0.4 is 5.90 Å². The maximum absolute atomic E-state index is 12.8. The highest BCUT2D eigenvalue weighted by Crippen LogP contribution is 2.17. The number of rotatable bonds is 3. The van der Waals surface area contributed by atoms with Crippen molar-refractivity contribution in [3.63, 3.8) is 0 Å². The fourth-order valence-corrected chi connectivity index (χ4v) is 1.05. The lowest BCUT2D eigenvalue weighted by molar-refractivity contribution is -0.155. The minimum atomic E-state index is -1.09. The number of carbonyl (C=O) groups excluding carboxylic acids is 1. The highest BCUT2D eigenvalue weighted by molar-refractivity contribution is 5.76. The molecule has 1 aromatic rings. The predicted octanol–water partition coefficient (Wildman–Crippen LogP) is 0.930. The number of ether oxygens (including phenoxy) is 1. The van der Waals surface area contributed by atoms with E-state index in [4.69, 9.17) is 5.90 Å². The summed E-state index contributed by atoms with van der Waals surface area (Å²) in [6, 6.07) is 5.40. The molecule has 0 aliphatic rings. The lowest BCUT2D eigenvalue weighted by Gasteiger charge is -2.11. The number of nitrogens with two attached hydrogens (primary N) is 1. The minimum Gasteiger partial charge on any atom is -0.467 e. The van der Waals surface area contributed by atoms with Crippen LogP contribution in [0.3, 0.4) is 0 Å². The first-order chi connectivity index (χ1) is 6.69. The Balaban J connectivity index is 2.94. The molecule has 0 spiro atoms. The van der Waals surface area contributed by atoms with E-state index in [-0.39, 0.29) is 0 Å². The first-order valence-corrected chi connectivity index (χ1v) is 3.88. The van der Waals surface area contributed by atoms with Crippen molar-refractivity contribution in [2.45, 2.75) is 6.10 Å². The van der Waals surface area contributed by atoms with Crippen LogP contribution in [0.1, 0.15) is 11.7 Å². The summed E-state index contributed by atoms with van der Waals surface area (Å²) < 4.78 is 17.2. The first kappa shape index (κ1) is 10.6. The van der Waals surface area contributed by atoms with E-state index in [2.05, 4.69) is 9.57 Å². The van der Waals surface area contributed by atoms with Crippen LogP contribution in [0, 0.1) is 5.82 Å². The molecule has 0 heterocycles. The fourth-order valence-electron chi connectivity index (χ4n) is 1.05. The Morgan fingerprint density at radius 3 is 2.79 bits per heavy atom. The largest absolute Gasteiger partial charge is 0.467 e. The van der Waals surface area contributed by atoms with Crippen molar-refractivity contribution < 1.29 is 18.8 Å². The molecule has 0 radical (unpaired) electrons. The molecule has 0 aromatic heterocycles. The van der Waals surface area contributed by atoms with E-state index < -0.39 is 17.9 Å². The highest BCUT2D eigenvalue weighted by Gasteiger charge is 2.21. The molecule has 1 aromatic carbocycles. The summed E-state index contributed by atoms with van der Waals surface area (Å²) in [6.45, 7) is 0. The third-order valence-corrected chi connectivity index (χ3v) is 1.70. The van der Waals surface area contributed by atoms with Crippen LogP contribution in [0.15, 0.2) is 24.3 Å². The number of methoxy groups -OCH3 is 1. The van der Waals surface area contributed by atoms with Crippen molar-refractivity contribution in [2.24, 2.45) is 5.90 Å². The molecule has 2 N–H and O–H groups in total. The summed E-state index contributed by atoms with van der Waals surface area (Å²) in [7, 11) is 1.20. The van der Waals surface area contributed by atoms with Crippen LogP contribution in [-0.4, -0.2) is 13.1 Å². The second-order valence-corrected chi connectivity index (χ2v) is 2.59. The zero-order valence-electron chi connectivity index (χ0n) is 7.57. The van der Waals surface area contributed by atoms with E-state index in [1.54, 1.807) is 0 Å². The number of esters is 1. The molecule has 0 aliphatic heterocycles. The number of halogens is 1. The molecule has 1 atom stereocenters. The third kappa shape index (κ3) is 2.27. The van der Waals surface area contributed by atoms with Gasteiger partial charge < -0.3 is 4.74 Å². The van der Waals surface area contributed by atoms with Gasteiger partial charge in [-0.3, -0.25) is 4.84 Å². The zero-order chi connectivity index (χ0) is 10.6. The van der Waals surface area contributed by atoms with Crippen molar-refractivity contribution in [3.8, 4) is 0 Å². The summed E-state index contributed by atoms with van der Waals surface area (Å²) >= 11 is 0. The Hall–Kier alpha value is -1.46. The van der Waals surface area contributed by atoms with Gasteiger partial charge in [0, 0.05) is 0 Å². The van der Waals surface area contributed by atoms with Gasteiger partial charge in [0.05, 0.1) is 7.11 Å². The van der Waals surface area contributed by atoms with Crippen LogP contribution >= 0.6 is 0 Å². The number of carbonyl (C=O) groups is 1. The van der Waals surface area contributed by atoms with Gasteiger partial charge in [0.25, 0.3) is 0 Å². The van der Waals surface area contributed by atoms with Crippen molar-refractivity contribution in [3.05, 3.63) is 35.6 Å². The summed E-state index contributed by atoms with van der Waals surface area (Å²) in [6.07, 6.45) is -1.09. The van der Waals surface area contributed by atoms with Gasteiger partial charge >= 0.3 is 5.97 Å². The molecule has 0 amide bonds. The van der Waals surface area contributed by atoms with Crippen LogP contribution in [0.5, 0.6) is 0 Å². The normalized spacial score (nSPS) is 12.2. The molecule has 0 saturated carbocycles. The summed E-state index contributed by atoms with van der Waals surface area (Å²) in [4.78, 5) is 15.5. The Labute approximate surface area is 80.4 Å². The molecular weight excluding hydrogens is 189 g/mol. The zero-order valence-corrected chi connectivity index (χ0v) is 7.57. The summed E-state index contributed by atoms with van der Waals surface area (Å²) in [5.41, 5.74) is 0.319. The van der Waals surface area contributed by atoms with Crippen LogP contribution in [0.2, 0.25) is 0 Å². The van der Waals surface area contributed by atoms with Crippen molar-refractivity contribution in [2.75, 3.05) is 7.11 Å². The van der Waals surface area contributed by atoms with E-state index in [1.165, 1.54) is 25.3 Å². The average Bonchev–Trinajstić information content (AvgIpc) is 2.19. The quantitative estimate of drug-likeness (QED) is 0.581. The van der Waals surface area contributed by atoms with Crippen molar-refractivity contribution in [1.29, 1.82) is 0 Å². The topological polar surface area (TPSA) is 61.5 Å².